The van der Waals surface area contributed by atoms with Crippen LogP contribution in [0.15, 0.2) is 291 Å². The Morgan fingerprint density at radius 1 is 0.214 bits per heavy atom. The molecule has 13 rings (SSSR count). The Kier molecular flexibility index (Phi) is 10.2. The molecule has 0 amide bonds. The summed E-state index contributed by atoms with van der Waals surface area (Å²) in [6, 6.07) is 110. The van der Waals surface area contributed by atoms with E-state index < -0.39 is 16.1 Å². The van der Waals surface area contributed by atoms with Crippen molar-refractivity contribution in [2.75, 3.05) is 0 Å². The first kappa shape index (κ1) is 41.6. The molecule has 0 saturated heterocycles. The molecule has 0 aliphatic heterocycles. The fourth-order valence-electron chi connectivity index (χ4n) is 11.9. The third kappa shape index (κ3) is 6.38. The molecule has 0 unspecified atom stereocenters. The van der Waals surface area contributed by atoms with Gasteiger partial charge in [0.05, 0.1) is 22.1 Å². The molecule has 0 atom stereocenters. The van der Waals surface area contributed by atoms with Crippen molar-refractivity contribution in [2.45, 2.75) is 0 Å². The van der Waals surface area contributed by atoms with Crippen molar-refractivity contribution in [3.8, 4) is 11.4 Å². The number of nitrogens with zero attached hydrogens (tertiary/aromatic N) is 2. The van der Waals surface area contributed by atoms with Gasteiger partial charge in [0.15, 0.2) is 16.1 Å². The Hall–Kier alpha value is -8.55. The lowest BCUT2D eigenvalue weighted by Crippen LogP contribution is -2.78. The Morgan fingerprint density at radius 3 is 0.971 bits per heavy atom. The van der Waals surface area contributed by atoms with E-state index in [1.807, 2.05) is 0 Å². The van der Waals surface area contributed by atoms with Gasteiger partial charge in [0.1, 0.15) is 0 Å². The van der Waals surface area contributed by atoms with E-state index in [2.05, 4.69) is 300 Å². The van der Waals surface area contributed by atoms with Crippen LogP contribution < -0.4 is 41.5 Å². The third-order valence-electron chi connectivity index (χ3n) is 14.8. The summed E-state index contributed by atoms with van der Waals surface area (Å²) in [5, 5.41) is 15.7. The van der Waals surface area contributed by atoms with Crippen LogP contribution in [-0.4, -0.2) is 25.3 Å². The Labute approximate surface area is 410 Å². The minimum Gasteiger partial charge on any atom is -0.309 e. The van der Waals surface area contributed by atoms with E-state index in [0.29, 0.717) is 0 Å². The zero-order valence-corrected chi connectivity index (χ0v) is 40.6. The number of aromatic nitrogens is 2. The Balaban J connectivity index is 1.27. The minimum atomic E-state index is -3.12. The van der Waals surface area contributed by atoms with Crippen molar-refractivity contribution in [2.24, 2.45) is 0 Å². The minimum absolute atomic E-state index is 1.15. The summed E-state index contributed by atoms with van der Waals surface area (Å²) >= 11 is 0. The predicted molar refractivity (Wildman–Crippen MR) is 302 cm³/mol. The molecule has 0 fully saturated rings. The standard InChI is InChI=1S/C66H48N2Si2/c1-8-26-49(27-9-1)67-63-43-25-23-41-61(63)65-64(67)45-44-60-59-40-22-24-42-62(59)68(66(60)65)50-46-57(69(51-28-10-2-11-29-51,52-30-12-3-13-31-52)53-32-14-4-15-33-53)48-58(47-50)70(54-34-16-5-17-35-54,55-36-18-6-19-37-55)56-38-20-7-21-39-56/h1-48H. The molecular formula is C66H48N2Si2. The molecule has 0 aliphatic carbocycles. The van der Waals surface area contributed by atoms with Crippen molar-refractivity contribution >= 4 is 101 Å². The van der Waals surface area contributed by atoms with Gasteiger partial charge < -0.3 is 9.13 Å². The summed E-state index contributed by atoms with van der Waals surface area (Å²) in [6.07, 6.45) is 0. The van der Waals surface area contributed by atoms with Gasteiger partial charge in [0.2, 0.25) is 0 Å². The van der Waals surface area contributed by atoms with Crippen molar-refractivity contribution in [3.63, 3.8) is 0 Å². The van der Waals surface area contributed by atoms with Gasteiger partial charge >= 0.3 is 0 Å². The van der Waals surface area contributed by atoms with Gasteiger partial charge in [0.25, 0.3) is 0 Å². The summed E-state index contributed by atoms with van der Waals surface area (Å²) < 4.78 is 5.08. The molecule has 0 aliphatic rings. The maximum atomic E-state index is 2.66. The van der Waals surface area contributed by atoms with Crippen LogP contribution in [0.2, 0.25) is 0 Å². The maximum Gasteiger partial charge on any atom is 0.179 e. The highest BCUT2D eigenvalue weighted by Crippen LogP contribution is 2.42. The molecule has 2 nitrogen and oxygen atoms in total. The SMILES string of the molecule is c1ccc(-n2c3ccccc3c3c2ccc2c4ccccc4n(-c4cc([Si](c5ccccc5)(c5ccccc5)c5ccccc5)cc([Si](c5ccccc5)(c5ccccc5)c5ccccc5)c4)c23)cc1. The van der Waals surface area contributed by atoms with Crippen molar-refractivity contribution < 1.29 is 0 Å². The highest BCUT2D eigenvalue weighted by molar-refractivity contribution is 7.22. The van der Waals surface area contributed by atoms with Crippen molar-refractivity contribution in [1.82, 2.24) is 9.13 Å². The van der Waals surface area contributed by atoms with E-state index in [-0.39, 0.29) is 0 Å². The molecule has 0 saturated carbocycles. The van der Waals surface area contributed by atoms with E-state index in [0.717, 1.165) is 11.4 Å². The average Bonchev–Trinajstić information content (AvgIpc) is 3.97. The molecule has 4 heteroatoms. The summed E-state index contributed by atoms with van der Waals surface area (Å²) in [5.41, 5.74) is 7.07. The van der Waals surface area contributed by atoms with E-state index in [9.17, 15) is 0 Å². The van der Waals surface area contributed by atoms with Gasteiger partial charge in [0, 0.05) is 32.9 Å². The highest BCUT2D eigenvalue weighted by atomic mass is 28.3. The van der Waals surface area contributed by atoms with Gasteiger partial charge in [-0.25, -0.2) is 0 Å². The van der Waals surface area contributed by atoms with Crippen molar-refractivity contribution in [3.05, 3.63) is 291 Å². The Bertz CT molecular complexity index is 3630. The van der Waals surface area contributed by atoms with E-state index in [1.165, 1.54) is 85.1 Å². The first-order chi connectivity index (χ1) is 34.8. The third-order valence-corrected chi connectivity index (χ3v) is 24.3. The topological polar surface area (TPSA) is 9.86 Å². The molecule has 0 bridgehead atoms. The van der Waals surface area contributed by atoms with Gasteiger partial charge in [-0.2, -0.15) is 0 Å². The van der Waals surface area contributed by atoms with E-state index >= 15 is 0 Å². The average molecular weight is 925 g/mol. The van der Waals surface area contributed by atoms with Crippen LogP contribution in [0.3, 0.4) is 0 Å². The molecule has 0 N–H and O–H groups in total. The van der Waals surface area contributed by atoms with Gasteiger partial charge in [-0.1, -0.05) is 249 Å². The summed E-state index contributed by atoms with van der Waals surface area (Å²) in [6.45, 7) is 0. The first-order valence-electron chi connectivity index (χ1n) is 24.3. The second-order valence-corrected chi connectivity index (χ2v) is 26.0. The van der Waals surface area contributed by atoms with Crippen LogP contribution in [-0.2, 0) is 0 Å². The fourth-order valence-corrected chi connectivity index (χ4v) is 21.7. The normalized spacial score (nSPS) is 12.0. The van der Waals surface area contributed by atoms with Gasteiger partial charge in [-0.05, 0) is 84.0 Å². The maximum absolute atomic E-state index is 3.12. The number of para-hydroxylation sites is 3. The lowest BCUT2D eigenvalue weighted by molar-refractivity contribution is 1.18. The Morgan fingerprint density at radius 2 is 0.557 bits per heavy atom. The van der Waals surface area contributed by atoms with Crippen LogP contribution in [0.1, 0.15) is 0 Å². The second-order valence-electron chi connectivity index (χ2n) is 18.4. The van der Waals surface area contributed by atoms with Gasteiger partial charge in [-0.3, -0.25) is 0 Å². The molecule has 70 heavy (non-hydrogen) atoms. The first-order valence-corrected chi connectivity index (χ1v) is 28.3. The highest BCUT2D eigenvalue weighted by Gasteiger charge is 2.46. The fraction of sp³-hybridized carbons (Fsp3) is 0. The zero-order chi connectivity index (χ0) is 46.5. The second kappa shape index (κ2) is 17.2. The van der Waals surface area contributed by atoms with Crippen molar-refractivity contribution in [1.29, 1.82) is 0 Å². The van der Waals surface area contributed by atoms with E-state index in [4.69, 9.17) is 0 Å². The molecule has 13 aromatic rings. The van der Waals surface area contributed by atoms with Crippen LogP contribution in [0.25, 0.3) is 55.0 Å². The lowest BCUT2D eigenvalue weighted by Gasteiger charge is -2.38. The molecule has 11 aromatic carbocycles. The predicted octanol–water partition coefficient (Wildman–Crippen LogP) is 10.6. The quantitative estimate of drug-likeness (QED) is 0.0956. The number of benzene rings is 11. The van der Waals surface area contributed by atoms with Crippen LogP contribution in [0.5, 0.6) is 0 Å². The number of fused-ring (bicyclic) bond motifs is 7. The molecular weight excluding hydrogens is 877 g/mol. The molecule has 330 valence electrons. The van der Waals surface area contributed by atoms with Crippen LogP contribution in [0.4, 0.5) is 0 Å². The number of rotatable bonds is 10. The number of hydrogen-bond acceptors (Lipinski definition) is 0. The van der Waals surface area contributed by atoms with Gasteiger partial charge in [-0.15, -0.1) is 0 Å². The van der Waals surface area contributed by atoms with Crippen LogP contribution >= 0.6 is 0 Å². The zero-order valence-electron chi connectivity index (χ0n) is 38.6. The molecule has 2 heterocycles. The molecule has 2 aromatic heterocycles. The molecule has 0 radical (unpaired) electrons. The summed E-state index contributed by atoms with van der Waals surface area (Å²) in [7, 11) is -6.25. The monoisotopic (exact) mass is 924 g/mol. The smallest absolute Gasteiger partial charge is 0.179 e. The molecule has 0 spiro atoms. The summed E-state index contributed by atoms with van der Waals surface area (Å²) in [5.74, 6) is 0. The lowest BCUT2D eigenvalue weighted by atomic mass is 10.1. The van der Waals surface area contributed by atoms with E-state index in [1.54, 1.807) is 0 Å². The van der Waals surface area contributed by atoms with Crippen LogP contribution in [0, 0.1) is 0 Å². The largest absolute Gasteiger partial charge is 0.309 e. The number of hydrogen-bond donors (Lipinski definition) is 0. The summed E-state index contributed by atoms with van der Waals surface area (Å²) in [4.78, 5) is 0.